The van der Waals surface area contributed by atoms with Gasteiger partial charge in [-0.05, 0) is 25.1 Å². The number of nitrogens with zero attached hydrogens (tertiary/aromatic N) is 1. The lowest BCUT2D eigenvalue weighted by Gasteiger charge is -2.20. The standard InChI is InChI=1S/C12H14FNO4/c1-2-14(10-5-3-4-9(13)6-10)11(15)7-18-8-12(16)17/h3-6H,2,7-8H2,1H3,(H,16,17). The van der Waals surface area contributed by atoms with Crippen molar-refractivity contribution >= 4 is 17.6 Å². The van der Waals surface area contributed by atoms with Crippen LogP contribution < -0.4 is 4.90 Å². The highest BCUT2D eigenvalue weighted by Crippen LogP contribution is 2.15. The maximum absolute atomic E-state index is 13.0. The Hall–Kier alpha value is -1.95. The average Bonchev–Trinajstić information content (AvgIpc) is 2.29. The van der Waals surface area contributed by atoms with Crippen LogP contribution in [0.1, 0.15) is 6.92 Å². The third-order valence-corrected chi connectivity index (χ3v) is 2.19. The molecule has 18 heavy (non-hydrogen) atoms. The number of anilines is 1. The first kappa shape index (κ1) is 14.1. The highest BCUT2D eigenvalue weighted by Gasteiger charge is 2.14. The number of carbonyl (C=O) groups excluding carboxylic acids is 1. The van der Waals surface area contributed by atoms with E-state index in [0.29, 0.717) is 12.2 Å². The van der Waals surface area contributed by atoms with Gasteiger partial charge < -0.3 is 14.7 Å². The van der Waals surface area contributed by atoms with Gasteiger partial charge in [-0.15, -0.1) is 0 Å². The van der Waals surface area contributed by atoms with E-state index in [1.807, 2.05) is 0 Å². The van der Waals surface area contributed by atoms with Gasteiger partial charge in [-0.1, -0.05) is 6.07 Å². The predicted octanol–water partition coefficient (Wildman–Crippen LogP) is 1.28. The second kappa shape index (κ2) is 6.70. The molecule has 0 atom stereocenters. The lowest BCUT2D eigenvalue weighted by atomic mass is 10.2. The lowest BCUT2D eigenvalue weighted by Crippen LogP contribution is -2.34. The van der Waals surface area contributed by atoms with Gasteiger partial charge in [0.05, 0.1) is 0 Å². The Morgan fingerprint density at radius 2 is 2.11 bits per heavy atom. The van der Waals surface area contributed by atoms with E-state index >= 15 is 0 Å². The van der Waals surface area contributed by atoms with E-state index < -0.39 is 24.3 Å². The summed E-state index contributed by atoms with van der Waals surface area (Å²) in [6.07, 6.45) is 0. The van der Waals surface area contributed by atoms with E-state index in [0.717, 1.165) is 0 Å². The quantitative estimate of drug-likeness (QED) is 0.831. The molecule has 0 bridgehead atoms. The maximum atomic E-state index is 13.0. The van der Waals surface area contributed by atoms with Gasteiger partial charge in [-0.3, -0.25) is 4.79 Å². The first-order valence-electron chi connectivity index (χ1n) is 5.40. The zero-order valence-corrected chi connectivity index (χ0v) is 9.93. The summed E-state index contributed by atoms with van der Waals surface area (Å²) in [5, 5.41) is 8.38. The number of carboxylic acid groups (broad SMARTS) is 1. The van der Waals surface area contributed by atoms with Crippen LogP contribution in [-0.2, 0) is 14.3 Å². The summed E-state index contributed by atoms with van der Waals surface area (Å²) in [7, 11) is 0. The first-order chi connectivity index (χ1) is 8.54. The molecule has 0 aliphatic heterocycles. The van der Waals surface area contributed by atoms with Crippen LogP contribution in [0.4, 0.5) is 10.1 Å². The number of likely N-dealkylation sites (N-methyl/N-ethyl adjacent to an activating group) is 1. The molecule has 5 nitrogen and oxygen atoms in total. The van der Waals surface area contributed by atoms with Crippen LogP contribution >= 0.6 is 0 Å². The van der Waals surface area contributed by atoms with Crippen molar-refractivity contribution in [2.75, 3.05) is 24.7 Å². The van der Waals surface area contributed by atoms with Crippen LogP contribution in [0.25, 0.3) is 0 Å². The molecule has 0 saturated carbocycles. The van der Waals surface area contributed by atoms with Crippen molar-refractivity contribution in [3.05, 3.63) is 30.1 Å². The molecule has 0 radical (unpaired) electrons. The molecule has 0 aliphatic rings. The number of benzene rings is 1. The fourth-order valence-corrected chi connectivity index (χ4v) is 1.45. The number of rotatable bonds is 6. The van der Waals surface area contributed by atoms with Crippen LogP contribution in [0.2, 0.25) is 0 Å². The van der Waals surface area contributed by atoms with Crippen molar-refractivity contribution in [3.8, 4) is 0 Å². The fraction of sp³-hybridized carbons (Fsp3) is 0.333. The monoisotopic (exact) mass is 255 g/mol. The van der Waals surface area contributed by atoms with E-state index in [9.17, 15) is 14.0 Å². The minimum Gasteiger partial charge on any atom is -0.480 e. The third-order valence-electron chi connectivity index (χ3n) is 2.19. The second-order valence-corrected chi connectivity index (χ2v) is 3.50. The molecule has 0 spiro atoms. The molecule has 1 amide bonds. The van der Waals surface area contributed by atoms with Crippen LogP contribution in [0, 0.1) is 5.82 Å². The molecule has 0 aliphatic carbocycles. The minimum absolute atomic E-state index is 0.346. The van der Waals surface area contributed by atoms with Gasteiger partial charge >= 0.3 is 5.97 Å². The number of carboxylic acids is 1. The van der Waals surface area contributed by atoms with Gasteiger partial charge in [-0.2, -0.15) is 0 Å². The molecule has 98 valence electrons. The Kier molecular flexibility index (Phi) is 5.26. The summed E-state index contributed by atoms with van der Waals surface area (Å²) >= 11 is 0. The zero-order valence-electron chi connectivity index (χ0n) is 9.93. The largest absolute Gasteiger partial charge is 0.480 e. The molecule has 0 heterocycles. The van der Waals surface area contributed by atoms with Gasteiger partial charge in [-0.25, -0.2) is 9.18 Å². The number of hydrogen-bond donors (Lipinski definition) is 1. The van der Waals surface area contributed by atoms with E-state index in [-0.39, 0.29) is 6.61 Å². The second-order valence-electron chi connectivity index (χ2n) is 3.50. The van der Waals surface area contributed by atoms with Gasteiger partial charge in [0.25, 0.3) is 5.91 Å². The Morgan fingerprint density at radius 3 is 2.67 bits per heavy atom. The fourth-order valence-electron chi connectivity index (χ4n) is 1.45. The molecular weight excluding hydrogens is 241 g/mol. The number of ether oxygens (including phenoxy) is 1. The summed E-state index contributed by atoms with van der Waals surface area (Å²) in [6.45, 7) is 1.20. The number of halogens is 1. The number of hydrogen-bond acceptors (Lipinski definition) is 3. The topological polar surface area (TPSA) is 66.8 Å². The molecule has 1 aromatic rings. The molecule has 1 rings (SSSR count). The van der Waals surface area contributed by atoms with Gasteiger partial charge in [0, 0.05) is 12.2 Å². The highest BCUT2D eigenvalue weighted by atomic mass is 19.1. The Bertz CT molecular complexity index is 436. The highest BCUT2D eigenvalue weighted by molar-refractivity contribution is 5.94. The van der Waals surface area contributed by atoms with Gasteiger partial charge in [0.15, 0.2) is 0 Å². The van der Waals surface area contributed by atoms with Crippen LogP contribution in [-0.4, -0.2) is 36.7 Å². The normalized spacial score (nSPS) is 10.1. The third kappa shape index (κ3) is 4.14. The van der Waals surface area contributed by atoms with Crippen molar-refractivity contribution in [3.63, 3.8) is 0 Å². The molecule has 1 N–H and O–H groups in total. The van der Waals surface area contributed by atoms with Gasteiger partial charge in [0.1, 0.15) is 19.0 Å². The molecule has 0 aromatic heterocycles. The maximum Gasteiger partial charge on any atom is 0.329 e. The molecule has 0 fully saturated rings. The molecule has 1 aromatic carbocycles. The smallest absolute Gasteiger partial charge is 0.329 e. The number of carbonyl (C=O) groups is 2. The lowest BCUT2D eigenvalue weighted by molar-refractivity contribution is -0.143. The van der Waals surface area contributed by atoms with E-state index in [2.05, 4.69) is 0 Å². The number of amides is 1. The molecule has 0 unspecified atom stereocenters. The van der Waals surface area contributed by atoms with Crippen LogP contribution in [0.5, 0.6) is 0 Å². The van der Waals surface area contributed by atoms with Crippen molar-refractivity contribution in [1.82, 2.24) is 0 Å². The SMILES string of the molecule is CCN(C(=O)COCC(=O)O)c1cccc(F)c1. The number of aliphatic carboxylic acids is 1. The predicted molar refractivity (Wildman–Crippen MR) is 62.9 cm³/mol. The Balaban J connectivity index is 2.65. The van der Waals surface area contributed by atoms with Crippen LogP contribution in [0.3, 0.4) is 0 Å². The minimum atomic E-state index is -1.14. The van der Waals surface area contributed by atoms with E-state index in [4.69, 9.17) is 9.84 Å². The van der Waals surface area contributed by atoms with Crippen molar-refractivity contribution in [2.45, 2.75) is 6.92 Å². The van der Waals surface area contributed by atoms with Crippen molar-refractivity contribution < 1.29 is 23.8 Å². The van der Waals surface area contributed by atoms with Crippen LogP contribution in [0.15, 0.2) is 24.3 Å². The first-order valence-corrected chi connectivity index (χ1v) is 5.40. The average molecular weight is 255 g/mol. The van der Waals surface area contributed by atoms with Gasteiger partial charge in [0.2, 0.25) is 0 Å². The van der Waals surface area contributed by atoms with E-state index in [1.54, 1.807) is 13.0 Å². The molecule has 6 heteroatoms. The molecule has 0 saturated heterocycles. The van der Waals surface area contributed by atoms with Crippen molar-refractivity contribution in [1.29, 1.82) is 0 Å². The Morgan fingerprint density at radius 1 is 1.39 bits per heavy atom. The van der Waals surface area contributed by atoms with E-state index in [1.165, 1.54) is 23.1 Å². The summed E-state index contributed by atoms with van der Waals surface area (Å²) in [5.74, 6) is -1.99. The zero-order chi connectivity index (χ0) is 13.5. The summed E-state index contributed by atoms with van der Waals surface area (Å²) < 4.78 is 17.7. The summed E-state index contributed by atoms with van der Waals surface area (Å²) in [4.78, 5) is 23.3. The summed E-state index contributed by atoms with van der Waals surface area (Å²) in [6, 6.07) is 5.61. The molecular formula is C12H14FNO4. The van der Waals surface area contributed by atoms with Crippen molar-refractivity contribution in [2.24, 2.45) is 0 Å². The summed E-state index contributed by atoms with van der Waals surface area (Å²) in [5.41, 5.74) is 0.418. The Labute approximate surface area is 104 Å².